The standard InChI is InChI=1S/C15H22F3N5/c1-10(2)22-6-7-23-11(9-22)4-5-21(3)14-13(23)19-8-12(20-14)15(16,17)18/h8,10-11H,4-7,9H2,1-3H3/t11-/m0/s1. The molecule has 3 rings (SSSR count). The molecule has 2 aliphatic heterocycles. The van der Waals surface area contributed by atoms with E-state index in [1.807, 2.05) is 0 Å². The fraction of sp³-hybridized carbons (Fsp3) is 0.733. The molecule has 128 valence electrons. The summed E-state index contributed by atoms with van der Waals surface area (Å²) in [6.07, 6.45) is -2.73. The Labute approximate surface area is 134 Å². The van der Waals surface area contributed by atoms with Gasteiger partial charge in [0.15, 0.2) is 17.3 Å². The van der Waals surface area contributed by atoms with Gasteiger partial charge in [-0.2, -0.15) is 13.2 Å². The van der Waals surface area contributed by atoms with E-state index in [0.29, 0.717) is 24.2 Å². The molecule has 0 saturated carbocycles. The number of anilines is 2. The number of alkyl halides is 3. The summed E-state index contributed by atoms with van der Waals surface area (Å²) in [6, 6.07) is 0.733. The van der Waals surface area contributed by atoms with Gasteiger partial charge < -0.3 is 9.80 Å². The SMILES string of the molecule is CC(C)N1CCN2c3ncc(C(F)(F)F)nc3N(C)CC[C@H]2C1. The predicted molar refractivity (Wildman–Crippen MR) is 82.8 cm³/mol. The first kappa shape index (κ1) is 16.3. The molecule has 23 heavy (non-hydrogen) atoms. The van der Waals surface area contributed by atoms with E-state index in [4.69, 9.17) is 0 Å². The van der Waals surface area contributed by atoms with E-state index in [9.17, 15) is 13.2 Å². The van der Waals surface area contributed by atoms with Crippen molar-refractivity contribution >= 4 is 11.6 Å². The number of piperazine rings is 1. The van der Waals surface area contributed by atoms with Crippen LogP contribution < -0.4 is 9.80 Å². The fourth-order valence-corrected chi connectivity index (χ4v) is 3.29. The molecule has 1 fully saturated rings. The van der Waals surface area contributed by atoms with E-state index >= 15 is 0 Å². The molecule has 3 heterocycles. The molecular weight excluding hydrogens is 307 g/mol. The van der Waals surface area contributed by atoms with E-state index in [1.54, 1.807) is 11.9 Å². The van der Waals surface area contributed by atoms with Crippen LogP contribution in [0.1, 0.15) is 26.0 Å². The van der Waals surface area contributed by atoms with Gasteiger partial charge in [0.2, 0.25) is 0 Å². The molecule has 0 spiro atoms. The summed E-state index contributed by atoms with van der Waals surface area (Å²) in [6.45, 7) is 7.58. The second kappa shape index (κ2) is 5.81. The van der Waals surface area contributed by atoms with Crippen LogP contribution in [0.3, 0.4) is 0 Å². The molecule has 0 unspecified atom stereocenters. The predicted octanol–water partition coefficient (Wildman–Crippen LogP) is 2.23. The lowest BCUT2D eigenvalue weighted by molar-refractivity contribution is -0.141. The molecule has 1 aromatic heterocycles. The van der Waals surface area contributed by atoms with Crippen molar-refractivity contribution in [1.82, 2.24) is 14.9 Å². The van der Waals surface area contributed by atoms with Gasteiger partial charge in [0, 0.05) is 45.3 Å². The third-order valence-electron chi connectivity index (χ3n) is 4.70. The number of hydrogen-bond donors (Lipinski definition) is 0. The van der Waals surface area contributed by atoms with Crippen LogP contribution in [0.15, 0.2) is 6.20 Å². The molecule has 0 amide bonds. The normalized spacial score (nSPS) is 22.8. The quantitative estimate of drug-likeness (QED) is 0.790. The Kier molecular flexibility index (Phi) is 4.12. The van der Waals surface area contributed by atoms with Gasteiger partial charge in [0.1, 0.15) is 0 Å². The molecular formula is C15H22F3N5. The van der Waals surface area contributed by atoms with Gasteiger partial charge >= 0.3 is 6.18 Å². The van der Waals surface area contributed by atoms with Gasteiger partial charge in [-0.3, -0.25) is 4.90 Å². The number of rotatable bonds is 1. The molecule has 1 saturated heterocycles. The smallest absolute Gasteiger partial charge is 0.357 e. The van der Waals surface area contributed by atoms with Crippen LogP contribution in [0.25, 0.3) is 0 Å². The molecule has 0 N–H and O–H groups in total. The zero-order valence-electron chi connectivity index (χ0n) is 13.6. The van der Waals surface area contributed by atoms with Crippen LogP contribution in [0.2, 0.25) is 0 Å². The van der Waals surface area contributed by atoms with Crippen LogP contribution in [0, 0.1) is 0 Å². The van der Waals surface area contributed by atoms with Gasteiger partial charge in [-0.05, 0) is 20.3 Å². The van der Waals surface area contributed by atoms with Crippen molar-refractivity contribution in [3.8, 4) is 0 Å². The highest BCUT2D eigenvalue weighted by atomic mass is 19.4. The lowest BCUT2D eigenvalue weighted by Crippen LogP contribution is -2.55. The Morgan fingerprint density at radius 1 is 1.17 bits per heavy atom. The van der Waals surface area contributed by atoms with Crippen molar-refractivity contribution in [2.45, 2.75) is 38.5 Å². The zero-order valence-corrected chi connectivity index (χ0v) is 13.6. The highest BCUT2D eigenvalue weighted by Crippen LogP contribution is 2.35. The Hall–Kier alpha value is -1.57. The summed E-state index contributed by atoms with van der Waals surface area (Å²) in [4.78, 5) is 14.3. The molecule has 2 aliphatic rings. The van der Waals surface area contributed by atoms with E-state index in [0.717, 1.165) is 32.3 Å². The number of halogens is 3. The van der Waals surface area contributed by atoms with Gasteiger partial charge in [-0.25, -0.2) is 9.97 Å². The topological polar surface area (TPSA) is 35.5 Å². The molecule has 5 nitrogen and oxygen atoms in total. The van der Waals surface area contributed by atoms with E-state index < -0.39 is 11.9 Å². The third-order valence-corrected chi connectivity index (χ3v) is 4.70. The van der Waals surface area contributed by atoms with Crippen molar-refractivity contribution in [2.75, 3.05) is 43.0 Å². The molecule has 0 aromatic carbocycles. The Bertz CT molecular complexity index is 575. The number of hydrogen-bond acceptors (Lipinski definition) is 5. The average molecular weight is 329 g/mol. The number of nitrogens with zero attached hydrogens (tertiary/aromatic N) is 5. The monoisotopic (exact) mass is 329 g/mol. The molecule has 0 radical (unpaired) electrons. The minimum absolute atomic E-state index is 0.265. The van der Waals surface area contributed by atoms with Gasteiger partial charge in [-0.15, -0.1) is 0 Å². The second-order valence-corrected chi connectivity index (χ2v) is 6.55. The van der Waals surface area contributed by atoms with Crippen molar-refractivity contribution in [1.29, 1.82) is 0 Å². The minimum Gasteiger partial charge on any atom is -0.357 e. The summed E-state index contributed by atoms with van der Waals surface area (Å²) >= 11 is 0. The van der Waals surface area contributed by atoms with Crippen LogP contribution in [-0.2, 0) is 6.18 Å². The molecule has 0 bridgehead atoms. The third kappa shape index (κ3) is 3.08. The van der Waals surface area contributed by atoms with Crippen molar-refractivity contribution in [3.05, 3.63) is 11.9 Å². The highest BCUT2D eigenvalue weighted by Gasteiger charge is 2.38. The Balaban J connectivity index is 1.95. The first-order chi connectivity index (χ1) is 10.8. The molecule has 0 aliphatic carbocycles. The zero-order chi connectivity index (χ0) is 16.8. The average Bonchev–Trinajstić information content (AvgIpc) is 2.63. The maximum Gasteiger partial charge on any atom is 0.434 e. The summed E-state index contributed by atoms with van der Waals surface area (Å²) in [5, 5.41) is 0. The number of aromatic nitrogens is 2. The lowest BCUT2D eigenvalue weighted by atomic mass is 10.1. The Morgan fingerprint density at radius 3 is 2.57 bits per heavy atom. The van der Waals surface area contributed by atoms with Crippen molar-refractivity contribution in [2.24, 2.45) is 0 Å². The maximum atomic E-state index is 12.9. The summed E-state index contributed by atoms with van der Waals surface area (Å²) in [5.74, 6) is 0.909. The van der Waals surface area contributed by atoms with Gasteiger partial charge in [-0.1, -0.05) is 0 Å². The molecule has 1 atom stereocenters. The number of fused-ring (bicyclic) bond motifs is 3. The van der Waals surface area contributed by atoms with Crippen molar-refractivity contribution < 1.29 is 13.2 Å². The van der Waals surface area contributed by atoms with E-state index in [2.05, 4.69) is 33.6 Å². The van der Waals surface area contributed by atoms with Crippen LogP contribution >= 0.6 is 0 Å². The first-order valence-electron chi connectivity index (χ1n) is 7.93. The van der Waals surface area contributed by atoms with Crippen LogP contribution in [0.4, 0.5) is 24.8 Å². The largest absolute Gasteiger partial charge is 0.434 e. The van der Waals surface area contributed by atoms with Gasteiger partial charge in [0.05, 0.1) is 6.20 Å². The summed E-state index contributed by atoms with van der Waals surface area (Å²) in [7, 11) is 1.78. The Morgan fingerprint density at radius 2 is 1.91 bits per heavy atom. The highest BCUT2D eigenvalue weighted by molar-refractivity contribution is 5.64. The fourth-order valence-electron chi connectivity index (χ4n) is 3.29. The molecule has 8 heteroatoms. The van der Waals surface area contributed by atoms with Crippen LogP contribution in [-0.4, -0.2) is 60.2 Å². The second-order valence-electron chi connectivity index (χ2n) is 6.55. The van der Waals surface area contributed by atoms with Gasteiger partial charge in [0.25, 0.3) is 0 Å². The maximum absolute atomic E-state index is 12.9. The first-order valence-corrected chi connectivity index (χ1v) is 7.93. The summed E-state index contributed by atoms with van der Waals surface area (Å²) in [5.41, 5.74) is -0.928. The lowest BCUT2D eigenvalue weighted by Gasteiger charge is -2.43. The van der Waals surface area contributed by atoms with E-state index in [1.165, 1.54) is 0 Å². The molecule has 1 aromatic rings. The summed E-state index contributed by atoms with van der Waals surface area (Å²) < 4.78 is 38.8. The van der Waals surface area contributed by atoms with E-state index in [-0.39, 0.29) is 6.04 Å². The minimum atomic E-state index is -4.47. The van der Waals surface area contributed by atoms with Crippen molar-refractivity contribution in [3.63, 3.8) is 0 Å². The van der Waals surface area contributed by atoms with Crippen LogP contribution in [0.5, 0.6) is 0 Å².